The predicted molar refractivity (Wildman–Crippen MR) is 75.7 cm³/mol. The lowest BCUT2D eigenvalue weighted by Gasteiger charge is -2.08. The van der Waals surface area contributed by atoms with Crippen molar-refractivity contribution in [2.24, 2.45) is 0 Å². The summed E-state index contributed by atoms with van der Waals surface area (Å²) < 4.78 is 6.59. The molecule has 3 rings (SSSR count). The van der Waals surface area contributed by atoms with Crippen molar-refractivity contribution in [3.8, 4) is 17.0 Å². The minimum Gasteiger partial charge on any atom is -0.423 e. The Morgan fingerprint density at radius 1 is 1.24 bits per heavy atom. The third kappa shape index (κ3) is 2.61. The topological polar surface area (TPSA) is 78.0 Å². The molecule has 2 heterocycles. The van der Waals surface area contributed by atoms with E-state index in [0.717, 1.165) is 0 Å². The summed E-state index contributed by atoms with van der Waals surface area (Å²) in [5, 5.41) is 8.06. The molecule has 0 bridgehead atoms. The molecule has 1 aromatic carbocycles. The third-order valence-corrected chi connectivity index (χ3v) is 3.03. The molecule has 0 radical (unpaired) electrons. The molecule has 21 heavy (non-hydrogen) atoms. The van der Waals surface area contributed by atoms with Gasteiger partial charge in [0.25, 0.3) is 0 Å². The van der Waals surface area contributed by atoms with Gasteiger partial charge in [-0.15, -0.1) is 5.10 Å². The van der Waals surface area contributed by atoms with Gasteiger partial charge in [-0.2, -0.15) is 0 Å². The van der Waals surface area contributed by atoms with Crippen molar-refractivity contribution >= 4 is 17.9 Å². The summed E-state index contributed by atoms with van der Waals surface area (Å²) in [6.45, 7) is 0. The minimum atomic E-state index is -0.467. The van der Waals surface area contributed by atoms with Crippen molar-refractivity contribution < 1.29 is 9.21 Å². The second-order valence-electron chi connectivity index (χ2n) is 4.18. The molecule has 104 valence electrons. The zero-order valence-corrected chi connectivity index (χ0v) is 11.3. The molecule has 0 saturated heterocycles. The van der Waals surface area contributed by atoms with Crippen LogP contribution >= 0.6 is 11.6 Å². The Kier molecular flexibility index (Phi) is 3.37. The van der Waals surface area contributed by atoms with Crippen LogP contribution in [-0.4, -0.2) is 21.3 Å². The van der Waals surface area contributed by atoms with Gasteiger partial charge in [0, 0.05) is 16.7 Å². The second-order valence-corrected chi connectivity index (χ2v) is 4.61. The van der Waals surface area contributed by atoms with E-state index in [4.69, 9.17) is 16.0 Å². The van der Waals surface area contributed by atoms with Crippen molar-refractivity contribution in [2.45, 2.75) is 0 Å². The quantitative estimate of drug-likeness (QED) is 0.694. The van der Waals surface area contributed by atoms with E-state index in [9.17, 15) is 9.59 Å². The number of aromatic nitrogens is 3. The van der Waals surface area contributed by atoms with E-state index in [2.05, 4.69) is 10.3 Å². The number of aldehydes is 1. The molecule has 6 nitrogen and oxygen atoms in total. The Labute approximate surface area is 123 Å². The predicted octanol–water partition coefficient (Wildman–Crippen LogP) is 2.35. The summed E-state index contributed by atoms with van der Waals surface area (Å²) in [5.41, 5.74) is 0.896. The molecule has 0 spiro atoms. The Hall–Kier alpha value is -2.73. The Balaban J connectivity index is 2.21. The monoisotopic (exact) mass is 301 g/mol. The van der Waals surface area contributed by atoms with Gasteiger partial charge >= 0.3 is 5.63 Å². The van der Waals surface area contributed by atoms with Gasteiger partial charge in [-0.05, 0) is 24.3 Å². The molecule has 2 aromatic heterocycles. The highest BCUT2D eigenvalue weighted by atomic mass is 35.5. The zero-order valence-electron chi connectivity index (χ0n) is 10.6. The van der Waals surface area contributed by atoms with Gasteiger partial charge in [-0.3, -0.25) is 4.79 Å². The summed E-state index contributed by atoms with van der Waals surface area (Å²) in [5.74, 6) is 0.350. The Morgan fingerprint density at radius 2 is 2.10 bits per heavy atom. The van der Waals surface area contributed by atoms with Gasteiger partial charge in [0.15, 0.2) is 6.29 Å². The van der Waals surface area contributed by atoms with Crippen LogP contribution in [-0.2, 0) is 0 Å². The fourth-order valence-corrected chi connectivity index (χ4v) is 2.06. The van der Waals surface area contributed by atoms with Crippen LogP contribution in [0.25, 0.3) is 17.0 Å². The van der Waals surface area contributed by atoms with Crippen LogP contribution in [0.2, 0.25) is 5.02 Å². The van der Waals surface area contributed by atoms with Gasteiger partial charge < -0.3 is 4.42 Å². The minimum absolute atomic E-state index is 0.199. The van der Waals surface area contributed by atoms with Gasteiger partial charge in [-0.1, -0.05) is 22.9 Å². The smallest absolute Gasteiger partial charge is 0.336 e. The fourth-order valence-electron chi connectivity index (χ4n) is 1.89. The third-order valence-electron chi connectivity index (χ3n) is 2.79. The highest BCUT2D eigenvalue weighted by molar-refractivity contribution is 6.31. The number of hydrogen-bond acceptors (Lipinski definition) is 5. The van der Waals surface area contributed by atoms with Gasteiger partial charge in [0.1, 0.15) is 11.5 Å². The lowest BCUT2D eigenvalue weighted by Crippen LogP contribution is -2.01. The first kappa shape index (κ1) is 13.3. The molecule has 0 aliphatic carbocycles. The Bertz CT molecular complexity index is 870. The summed E-state index contributed by atoms with van der Waals surface area (Å²) in [4.78, 5) is 22.1. The lowest BCUT2D eigenvalue weighted by atomic mass is 10.1. The number of hydrogen-bond donors (Lipinski definition) is 0. The van der Waals surface area contributed by atoms with E-state index >= 15 is 0 Å². The van der Waals surface area contributed by atoms with Crippen LogP contribution < -0.4 is 5.63 Å². The summed E-state index contributed by atoms with van der Waals surface area (Å²) in [7, 11) is 0. The molecule has 0 aliphatic heterocycles. The number of carbonyl (C=O) groups excluding carboxylic acids is 1. The standard InChI is InChI=1S/C14H8ClN3O3/c15-9-4-5-12(18-7-10(8-19)16-17-18)11(6-9)13-2-1-3-14(20)21-13/h1-8H. The SMILES string of the molecule is O=Cc1cn(-c2ccc(Cl)cc2-c2cccc(=O)o2)nn1. The number of rotatable bonds is 3. The van der Waals surface area contributed by atoms with Crippen LogP contribution in [0.1, 0.15) is 10.5 Å². The summed E-state index contributed by atoms with van der Waals surface area (Å²) in [6, 6.07) is 9.57. The number of halogens is 1. The number of carbonyl (C=O) groups is 1. The summed E-state index contributed by atoms with van der Waals surface area (Å²) >= 11 is 6.01. The van der Waals surface area contributed by atoms with E-state index < -0.39 is 5.63 Å². The van der Waals surface area contributed by atoms with Crippen LogP contribution in [0.5, 0.6) is 0 Å². The van der Waals surface area contributed by atoms with Gasteiger partial charge in [-0.25, -0.2) is 9.48 Å². The van der Waals surface area contributed by atoms with Crippen molar-refractivity contribution in [3.05, 3.63) is 63.7 Å². The first-order valence-electron chi connectivity index (χ1n) is 5.95. The van der Waals surface area contributed by atoms with Crippen molar-refractivity contribution in [1.29, 1.82) is 0 Å². The van der Waals surface area contributed by atoms with Crippen molar-refractivity contribution in [3.63, 3.8) is 0 Å². The van der Waals surface area contributed by atoms with Crippen molar-refractivity contribution in [1.82, 2.24) is 15.0 Å². The van der Waals surface area contributed by atoms with E-state index in [1.165, 1.54) is 16.9 Å². The van der Waals surface area contributed by atoms with E-state index in [0.29, 0.717) is 28.3 Å². The molecule has 0 saturated carbocycles. The van der Waals surface area contributed by atoms with Crippen LogP contribution in [0.15, 0.2) is 51.8 Å². The summed E-state index contributed by atoms with van der Waals surface area (Å²) in [6.07, 6.45) is 2.07. The van der Waals surface area contributed by atoms with E-state index in [1.54, 1.807) is 30.3 Å². The molecule has 0 unspecified atom stereocenters. The average molecular weight is 302 g/mol. The Morgan fingerprint density at radius 3 is 2.81 bits per heavy atom. The van der Waals surface area contributed by atoms with Gasteiger partial charge in [0.2, 0.25) is 0 Å². The van der Waals surface area contributed by atoms with E-state index in [1.807, 2.05) is 0 Å². The van der Waals surface area contributed by atoms with E-state index in [-0.39, 0.29) is 5.69 Å². The maximum absolute atomic E-state index is 11.4. The molecule has 7 heteroatoms. The molecular weight excluding hydrogens is 294 g/mol. The van der Waals surface area contributed by atoms with Crippen LogP contribution in [0.3, 0.4) is 0 Å². The highest BCUT2D eigenvalue weighted by Crippen LogP contribution is 2.28. The molecule has 3 aromatic rings. The molecule has 0 aliphatic rings. The lowest BCUT2D eigenvalue weighted by molar-refractivity contribution is 0.111. The van der Waals surface area contributed by atoms with Crippen LogP contribution in [0.4, 0.5) is 0 Å². The van der Waals surface area contributed by atoms with Gasteiger partial charge in [0.05, 0.1) is 11.9 Å². The molecule has 0 atom stereocenters. The fraction of sp³-hybridized carbons (Fsp3) is 0. The first-order chi connectivity index (χ1) is 10.2. The normalized spacial score (nSPS) is 10.5. The first-order valence-corrected chi connectivity index (χ1v) is 6.33. The molecule has 0 amide bonds. The average Bonchev–Trinajstić information content (AvgIpc) is 2.96. The van der Waals surface area contributed by atoms with Crippen LogP contribution in [0, 0.1) is 0 Å². The maximum atomic E-state index is 11.4. The number of benzene rings is 1. The highest BCUT2D eigenvalue weighted by Gasteiger charge is 2.12. The molecular formula is C14H8ClN3O3. The maximum Gasteiger partial charge on any atom is 0.336 e. The second kappa shape index (κ2) is 5.34. The molecule has 0 N–H and O–H groups in total. The zero-order chi connectivity index (χ0) is 14.8. The van der Waals surface area contributed by atoms with Crippen molar-refractivity contribution in [2.75, 3.05) is 0 Å². The molecule has 0 fully saturated rings. The largest absolute Gasteiger partial charge is 0.423 e. The number of nitrogens with zero attached hydrogens (tertiary/aromatic N) is 3.